The number of ether oxygens (including phenoxy) is 1. The molecule has 2 rings (SSSR count). The molecular formula is C13H14N2O4S. The van der Waals surface area contributed by atoms with E-state index in [4.69, 9.17) is 9.84 Å². The van der Waals surface area contributed by atoms with E-state index < -0.39 is 5.97 Å². The Labute approximate surface area is 118 Å². The van der Waals surface area contributed by atoms with Gasteiger partial charge in [-0.05, 0) is 0 Å². The largest absolute Gasteiger partial charge is 0.478 e. The second-order valence-electron chi connectivity index (χ2n) is 4.11. The van der Waals surface area contributed by atoms with Gasteiger partial charge in [0.15, 0.2) is 0 Å². The molecular weight excluding hydrogens is 280 g/mol. The highest BCUT2D eigenvalue weighted by Gasteiger charge is 2.18. The second kappa shape index (κ2) is 5.98. The second-order valence-corrected chi connectivity index (χ2v) is 4.97. The molecule has 0 aliphatic carbocycles. The Morgan fingerprint density at radius 3 is 3.00 bits per heavy atom. The number of thiophene rings is 1. The van der Waals surface area contributed by atoms with Crippen molar-refractivity contribution in [3.8, 4) is 0 Å². The zero-order valence-electron chi connectivity index (χ0n) is 11.0. The summed E-state index contributed by atoms with van der Waals surface area (Å²) in [6.45, 7) is 4.34. The molecule has 0 aliphatic heterocycles. The van der Waals surface area contributed by atoms with Gasteiger partial charge < -0.3 is 9.84 Å². The van der Waals surface area contributed by atoms with Crippen molar-refractivity contribution in [3.05, 3.63) is 39.8 Å². The van der Waals surface area contributed by atoms with E-state index >= 15 is 0 Å². The van der Waals surface area contributed by atoms with Gasteiger partial charge in [-0.25, -0.2) is 9.78 Å². The van der Waals surface area contributed by atoms with Crippen molar-refractivity contribution >= 4 is 27.5 Å². The van der Waals surface area contributed by atoms with Crippen molar-refractivity contribution in [1.82, 2.24) is 9.55 Å². The van der Waals surface area contributed by atoms with E-state index in [0.29, 0.717) is 23.7 Å². The van der Waals surface area contributed by atoms with Gasteiger partial charge in [0.1, 0.15) is 10.7 Å². The van der Waals surface area contributed by atoms with Gasteiger partial charge in [0.2, 0.25) is 0 Å². The minimum Gasteiger partial charge on any atom is -0.478 e. The molecule has 0 saturated heterocycles. The summed E-state index contributed by atoms with van der Waals surface area (Å²) < 4.78 is 6.44. The number of hydrogen-bond donors (Lipinski definition) is 1. The number of carboxylic acids is 1. The van der Waals surface area contributed by atoms with E-state index in [9.17, 15) is 9.59 Å². The lowest BCUT2D eigenvalue weighted by atomic mass is 10.2. The molecule has 0 saturated carbocycles. The van der Waals surface area contributed by atoms with Crippen LogP contribution in [0.2, 0.25) is 0 Å². The SMILES string of the molecule is C=CCn1c(CCOC)nc2scc(C(=O)O)c2c1=O. The summed E-state index contributed by atoms with van der Waals surface area (Å²) in [5, 5.41) is 10.7. The number of rotatable bonds is 6. The fourth-order valence-corrected chi connectivity index (χ4v) is 2.85. The minimum absolute atomic E-state index is 0.00129. The lowest BCUT2D eigenvalue weighted by molar-refractivity contribution is 0.0699. The summed E-state index contributed by atoms with van der Waals surface area (Å²) in [7, 11) is 1.57. The van der Waals surface area contributed by atoms with Crippen LogP contribution in [0.25, 0.3) is 10.2 Å². The van der Waals surface area contributed by atoms with Gasteiger partial charge in [-0.15, -0.1) is 17.9 Å². The highest BCUT2D eigenvalue weighted by Crippen LogP contribution is 2.21. The molecule has 0 aliphatic rings. The van der Waals surface area contributed by atoms with E-state index in [2.05, 4.69) is 11.6 Å². The number of hydrogen-bond acceptors (Lipinski definition) is 5. The summed E-state index contributed by atoms with van der Waals surface area (Å²) in [5.74, 6) is -0.548. The van der Waals surface area contributed by atoms with Gasteiger partial charge in [0, 0.05) is 25.5 Å². The quantitative estimate of drug-likeness (QED) is 0.817. The molecule has 20 heavy (non-hydrogen) atoms. The third-order valence-corrected chi connectivity index (χ3v) is 3.72. The highest BCUT2D eigenvalue weighted by molar-refractivity contribution is 7.17. The molecule has 106 valence electrons. The topological polar surface area (TPSA) is 81.4 Å². The Hall–Kier alpha value is -1.99. The third kappa shape index (κ3) is 2.50. The van der Waals surface area contributed by atoms with Crippen molar-refractivity contribution in [1.29, 1.82) is 0 Å². The summed E-state index contributed by atoms with van der Waals surface area (Å²) >= 11 is 1.16. The van der Waals surface area contributed by atoms with Gasteiger partial charge in [0.05, 0.1) is 17.6 Å². The molecule has 2 heterocycles. The van der Waals surface area contributed by atoms with Crippen LogP contribution in [0.15, 0.2) is 22.8 Å². The molecule has 0 amide bonds. The van der Waals surface area contributed by atoms with Crippen LogP contribution in [0.1, 0.15) is 16.2 Å². The van der Waals surface area contributed by atoms with E-state index in [1.165, 1.54) is 9.95 Å². The molecule has 2 aromatic heterocycles. The first-order chi connectivity index (χ1) is 9.60. The normalized spacial score (nSPS) is 10.8. The summed E-state index contributed by atoms with van der Waals surface area (Å²) in [4.78, 5) is 28.4. The molecule has 6 nitrogen and oxygen atoms in total. The number of aromatic nitrogens is 2. The standard InChI is InChI=1S/C13H14N2O4S/c1-3-5-15-9(4-6-19-2)14-11-10(12(15)16)8(7-20-11)13(17)18/h3,7H,1,4-6H2,2H3,(H,17,18). The maximum absolute atomic E-state index is 12.5. The number of fused-ring (bicyclic) bond motifs is 1. The number of allylic oxidation sites excluding steroid dienone is 1. The van der Waals surface area contributed by atoms with Gasteiger partial charge in [-0.2, -0.15) is 0 Å². The van der Waals surface area contributed by atoms with Crippen LogP contribution in [-0.4, -0.2) is 34.3 Å². The molecule has 0 atom stereocenters. The Bertz CT molecular complexity index is 717. The van der Waals surface area contributed by atoms with Crippen molar-refractivity contribution in [2.45, 2.75) is 13.0 Å². The molecule has 0 fully saturated rings. The molecule has 2 aromatic rings. The first kappa shape index (κ1) is 14.4. The highest BCUT2D eigenvalue weighted by atomic mass is 32.1. The molecule has 1 N–H and O–H groups in total. The zero-order chi connectivity index (χ0) is 14.7. The zero-order valence-corrected chi connectivity index (χ0v) is 11.8. The van der Waals surface area contributed by atoms with Crippen molar-refractivity contribution in [2.75, 3.05) is 13.7 Å². The van der Waals surface area contributed by atoms with Crippen LogP contribution < -0.4 is 5.56 Å². The first-order valence-electron chi connectivity index (χ1n) is 5.94. The number of carbonyl (C=O) groups is 1. The van der Waals surface area contributed by atoms with Crippen LogP contribution in [0, 0.1) is 0 Å². The van der Waals surface area contributed by atoms with E-state index in [1.807, 2.05) is 0 Å². The monoisotopic (exact) mass is 294 g/mol. The van der Waals surface area contributed by atoms with E-state index in [-0.39, 0.29) is 23.1 Å². The fourth-order valence-electron chi connectivity index (χ4n) is 1.93. The predicted octanol–water partition coefficient (Wildman–Crippen LogP) is 1.53. The minimum atomic E-state index is -1.12. The molecule has 0 radical (unpaired) electrons. The van der Waals surface area contributed by atoms with Gasteiger partial charge in [0.25, 0.3) is 5.56 Å². The van der Waals surface area contributed by atoms with Gasteiger partial charge in [-0.3, -0.25) is 9.36 Å². The number of nitrogens with zero attached hydrogens (tertiary/aromatic N) is 2. The maximum atomic E-state index is 12.5. The third-order valence-electron chi connectivity index (χ3n) is 2.84. The fraction of sp³-hybridized carbons (Fsp3) is 0.308. The number of methoxy groups -OCH3 is 1. The van der Waals surface area contributed by atoms with Crippen LogP contribution in [0.3, 0.4) is 0 Å². The van der Waals surface area contributed by atoms with Gasteiger partial charge >= 0.3 is 5.97 Å². The smallest absolute Gasteiger partial charge is 0.337 e. The van der Waals surface area contributed by atoms with Crippen LogP contribution in [0.4, 0.5) is 0 Å². The van der Waals surface area contributed by atoms with E-state index in [1.54, 1.807) is 13.2 Å². The average Bonchev–Trinajstić information content (AvgIpc) is 2.84. The van der Waals surface area contributed by atoms with Crippen molar-refractivity contribution in [2.24, 2.45) is 0 Å². The molecule has 0 unspecified atom stereocenters. The average molecular weight is 294 g/mol. The van der Waals surface area contributed by atoms with Crippen molar-refractivity contribution < 1.29 is 14.6 Å². The van der Waals surface area contributed by atoms with Crippen LogP contribution in [0.5, 0.6) is 0 Å². The summed E-state index contributed by atoms with van der Waals surface area (Å²) in [5.41, 5.74) is -0.349. The Morgan fingerprint density at radius 1 is 1.65 bits per heavy atom. The molecule has 0 aromatic carbocycles. The van der Waals surface area contributed by atoms with Crippen LogP contribution >= 0.6 is 11.3 Å². The Morgan fingerprint density at radius 2 is 2.40 bits per heavy atom. The lowest BCUT2D eigenvalue weighted by Gasteiger charge is -2.10. The molecule has 0 bridgehead atoms. The predicted molar refractivity (Wildman–Crippen MR) is 76.6 cm³/mol. The summed E-state index contributed by atoms with van der Waals surface area (Å²) in [6.07, 6.45) is 2.06. The number of aromatic carboxylic acids is 1. The van der Waals surface area contributed by atoms with Gasteiger partial charge in [-0.1, -0.05) is 6.08 Å². The number of carboxylic acid groups (broad SMARTS) is 1. The maximum Gasteiger partial charge on any atom is 0.337 e. The van der Waals surface area contributed by atoms with Crippen molar-refractivity contribution in [3.63, 3.8) is 0 Å². The first-order valence-corrected chi connectivity index (χ1v) is 6.82. The molecule has 7 heteroatoms. The van der Waals surface area contributed by atoms with E-state index in [0.717, 1.165) is 11.3 Å². The van der Waals surface area contributed by atoms with Crippen LogP contribution in [-0.2, 0) is 17.7 Å². The summed E-state index contributed by atoms with van der Waals surface area (Å²) in [6, 6.07) is 0. The molecule has 0 spiro atoms. The Balaban J connectivity index is 2.70. The lowest BCUT2D eigenvalue weighted by Crippen LogP contribution is -2.26. The Kier molecular flexibility index (Phi) is 4.31.